The monoisotopic (exact) mass is 242 g/mol. The molecular weight excluding hydrogens is 228 g/mol. The molecule has 1 atom stereocenters. The number of nitrogens with zero attached hydrogens (tertiary/aromatic N) is 2. The molecule has 1 aromatic rings. The predicted octanol–water partition coefficient (Wildman–Crippen LogP) is 0.381. The number of nitro groups is 1. The van der Waals surface area contributed by atoms with E-state index in [1.807, 2.05) is 4.90 Å². The highest BCUT2D eigenvalue weighted by Crippen LogP contribution is 2.19. The molecule has 0 amide bonds. The summed E-state index contributed by atoms with van der Waals surface area (Å²) in [6.45, 7) is 2.20. The molecule has 0 bridgehead atoms. The summed E-state index contributed by atoms with van der Waals surface area (Å²) in [5.74, 6) is 0.269. The summed E-state index contributed by atoms with van der Waals surface area (Å²) in [4.78, 5) is 11.9. The van der Waals surface area contributed by atoms with Crippen molar-refractivity contribution in [2.24, 2.45) is 0 Å². The molecule has 7 nitrogen and oxygen atoms in total. The average molecular weight is 242 g/mol. The van der Waals surface area contributed by atoms with Gasteiger partial charge in [0.25, 0.3) is 0 Å². The van der Waals surface area contributed by atoms with Crippen molar-refractivity contribution < 1.29 is 19.2 Å². The van der Waals surface area contributed by atoms with Crippen LogP contribution in [0.4, 0.5) is 5.88 Å². The van der Waals surface area contributed by atoms with Crippen LogP contribution in [0, 0.1) is 10.1 Å². The second kappa shape index (κ2) is 5.26. The molecule has 94 valence electrons. The molecule has 0 spiro atoms. The lowest BCUT2D eigenvalue weighted by Crippen LogP contribution is -2.46. The Labute approximate surface area is 97.7 Å². The first-order chi connectivity index (χ1) is 8.20. The first-order valence-electron chi connectivity index (χ1n) is 5.36. The largest absolute Gasteiger partial charge is 0.433 e. The third kappa shape index (κ3) is 2.82. The second-order valence-corrected chi connectivity index (χ2v) is 3.88. The quantitative estimate of drug-likeness (QED) is 0.606. The van der Waals surface area contributed by atoms with Gasteiger partial charge in [-0.3, -0.25) is 15.0 Å². The maximum Gasteiger partial charge on any atom is 0.433 e. The molecule has 1 aromatic heterocycles. The summed E-state index contributed by atoms with van der Waals surface area (Å²) in [5.41, 5.74) is 0. The Hall–Kier alpha value is -1.44. The van der Waals surface area contributed by atoms with Gasteiger partial charge in [0, 0.05) is 6.54 Å². The van der Waals surface area contributed by atoms with Crippen LogP contribution in [-0.2, 0) is 11.3 Å². The Morgan fingerprint density at radius 1 is 1.59 bits per heavy atom. The molecule has 1 N–H and O–H groups in total. The lowest BCUT2D eigenvalue weighted by atomic mass is 10.2. The van der Waals surface area contributed by atoms with Crippen molar-refractivity contribution in [2.45, 2.75) is 12.6 Å². The molecule has 2 heterocycles. The van der Waals surface area contributed by atoms with Gasteiger partial charge in [0.2, 0.25) is 0 Å². The summed E-state index contributed by atoms with van der Waals surface area (Å²) in [7, 11) is 0. The smallest absolute Gasteiger partial charge is 0.404 e. The van der Waals surface area contributed by atoms with Crippen LogP contribution >= 0.6 is 0 Å². The van der Waals surface area contributed by atoms with E-state index in [4.69, 9.17) is 9.15 Å². The van der Waals surface area contributed by atoms with Gasteiger partial charge in [-0.05, 0) is 6.07 Å². The van der Waals surface area contributed by atoms with E-state index in [9.17, 15) is 15.2 Å². The highest BCUT2D eigenvalue weighted by atomic mass is 16.6. The highest BCUT2D eigenvalue weighted by molar-refractivity contribution is 5.17. The molecule has 1 aliphatic heterocycles. The van der Waals surface area contributed by atoms with Gasteiger partial charge < -0.3 is 14.3 Å². The van der Waals surface area contributed by atoms with E-state index < -0.39 is 4.92 Å². The van der Waals surface area contributed by atoms with Gasteiger partial charge in [-0.2, -0.15) is 0 Å². The van der Waals surface area contributed by atoms with Crippen molar-refractivity contribution in [2.75, 3.05) is 26.4 Å². The van der Waals surface area contributed by atoms with E-state index in [0.29, 0.717) is 32.1 Å². The molecule has 0 aliphatic carbocycles. The van der Waals surface area contributed by atoms with Gasteiger partial charge in [-0.1, -0.05) is 0 Å². The number of aliphatic hydroxyl groups is 1. The molecule has 7 heteroatoms. The topological polar surface area (TPSA) is 89.0 Å². The van der Waals surface area contributed by atoms with E-state index in [1.54, 1.807) is 6.07 Å². The van der Waals surface area contributed by atoms with E-state index in [0.717, 1.165) is 0 Å². The number of hydrogen-bond acceptors (Lipinski definition) is 6. The van der Waals surface area contributed by atoms with Gasteiger partial charge >= 0.3 is 5.88 Å². The molecule has 2 rings (SSSR count). The minimum atomic E-state index is -0.563. The fourth-order valence-electron chi connectivity index (χ4n) is 1.82. The molecule has 1 fully saturated rings. The van der Waals surface area contributed by atoms with Crippen molar-refractivity contribution in [3.05, 3.63) is 28.0 Å². The van der Waals surface area contributed by atoms with Gasteiger partial charge in [0.15, 0.2) is 0 Å². The number of aliphatic hydroxyl groups excluding tert-OH is 1. The summed E-state index contributed by atoms with van der Waals surface area (Å²) in [6, 6.07) is 2.85. The zero-order valence-corrected chi connectivity index (χ0v) is 9.24. The fraction of sp³-hybridized carbons (Fsp3) is 0.600. The SMILES string of the molecule is O=[N+]([O-])c1ccc(CN2CCOCC2CO)o1. The lowest BCUT2D eigenvalue weighted by molar-refractivity contribution is -0.402. The summed E-state index contributed by atoms with van der Waals surface area (Å²) < 4.78 is 10.3. The van der Waals surface area contributed by atoms with Crippen LogP contribution in [-0.4, -0.2) is 47.3 Å². The predicted molar refractivity (Wildman–Crippen MR) is 57.5 cm³/mol. The fourth-order valence-corrected chi connectivity index (χ4v) is 1.82. The summed E-state index contributed by atoms with van der Waals surface area (Å²) in [5, 5.41) is 19.6. The van der Waals surface area contributed by atoms with Crippen LogP contribution in [0.5, 0.6) is 0 Å². The second-order valence-electron chi connectivity index (χ2n) is 3.88. The zero-order chi connectivity index (χ0) is 12.3. The van der Waals surface area contributed by atoms with Crippen LogP contribution < -0.4 is 0 Å². The normalized spacial score (nSPS) is 21.6. The van der Waals surface area contributed by atoms with Crippen LogP contribution in [0.3, 0.4) is 0 Å². The first-order valence-corrected chi connectivity index (χ1v) is 5.36. The number of hydrogen-bond donors (Lipinski definition) is 1. The van der Waals surface area contributed by atoms with Crippen molar-refractivity contribution in [3.63, 3.8) is 0 Å². The first kappa shape index (κ1) is 12.0. The molecule has 0 saturated carbocycles. The summed E-state index contributed by atoms with van der Waals surface area (Å²) in [6.07, 6.45) is 0. The van der Waals surface area contributed by atoms with Crippen LogP contribution in [0.15, 0.2) is 16.5 Å². The Bertz CT molecular complexity index is 392. The van der Waals surface area contributed by atoms with Crippen LogP contribution in [0.2, 0.25) is 0 Å². The number of ether oxygens (including phenoxy) is 1. The van der Waals surface area contributed by atoms with Gasteiger partial charge in [0.1, 0.15) is 10.7 Å². The van der Waals surface area contributed by atoms with Crippen molar-refractivity contribution >= 4 is 5.88 Å². The van der Waals surface area contributed by atoms with Crippen molar-refractivity contribution in [1.82, 2.24) is 4.90 Å². The third-order valence-corrected chi connectivity index (χ3v) is 2.75. The molecule has 0 radical (unpaired) electrons. The molecular formula is C10H14N2O5. The van der Waals surface area contributed by atoms with Gasteiger partial charge in [-0.25, -0.2) is 0 Å². The number of furan rings is 1. The molecule has 17 heavy (non-hydrogen) atoms. The standard InChI is InChI=1S/C10H14N2O5/c13-6-8-7-16-4-3-11(8)5-9-1-2-10(17-9)12(14)15/h1-2,8,13H,3-7H2. The molecule has 0 aromatic carbocycles. The van der Waals surface area contributed by atoms with E-state index in [2.05, 4.69) is 0 Å². The average Bonchev–Trinajstić information content (AvgIpc) is 2.78. The highest BCUT2D eigenvalue weighted by Gasteiger charge is 2.24. The van der Waals surface area contributed by atoms with Gasteiger partial charge in [0.05, 0.1) is 38.5 Å². The van der Waals surface area contributed by atoms with Crippen molar-refractivity contribution in [3.8, 4) is 0 Å². The maximum atomic E-state index is 10.5. The Morgan fingerprint density at radius 3 is 3.06 bits per heavy atom. The molecule has 1 unspecified atom stereocenters. The molecule has 1 saturated heterocycles. The van der Waals surface area contributed by atoms with Crippen molar-refractivity contribution in [1.29, 1.82) is 0 Å². The Balaban J connectivity index is 2.00. The third-order valence-electron chi connectivity index (χ3n) is 2.75. The number of morpholine rings is 1. The van der Waals surface area contributed by atoms with Crippen LogP contribution in [0.1, 0.15) is 5.76 Å². The van der Waals surface area contributed by atoms with E-state index >= 15 is 0 Å². The Kier molecular flexibility index (Phi) is 3.72. The van der Waals surface area contributed by atoms with E-state index in [-0.39, 0.29) is 18.5 Å². The van der Waals surface area contributed by atoms with Crippen LogP contribution in [0.25, 0.3) is 0 Å². The minimum absolute atomic E-state index is 0.00278. The Morgan fingerprint density at radius 2 is 2.41 bits per heavy atom. The zero-order valence-electron chi connectivity index (χ0n) is 9.24. The van der Waals surface area contributed by atoms with Gasteiger partial charge in [-0.15, -0.1) is 0 Å². The molecule has 1 aliphatic rings. The minimum Gasteiger partial charge on any atom is -0.404 e. The summed E-state index contributed by atoms with van der Waals surface area (Å²) >= 11 is 0. The number of rotatable bonds is 4. The maximum absolute atomic E-state index is 10.5. The van der Waals surface area contributed by atoms with E-state index in [1.165, 1.54) is 6.07 Å². The lowest BCUT2D eigenvalue weighted by Gasteiger charge is -2.33.